The first-order chi connectivity index (χ1) is 12.2. The Balaban J connectivity index is 2.32. The lowest BCUT2D eigenvalue weighted by Gasteiger charge is -2.10. The maximum Gasteiger partial charge on any atom is 0.211 e. The van der Waals surface area contributed by atoms with Crippen molar-refractivity contribution in [1.29, 1.82) is 0 Å². The third-order valence-corrected chi connectivity index (χ3v) is 4.89. The normalized spacial score (nSPS) is 11.6. The number of rotatable bonds is 5. The molecule has 3 aromatic rings. The van der Waals surface area contributed by atoms with Crippen LogP contribution in [0, 0.1) is 0 Å². The van der Waals surface area contributed by atoms with Gasteiger partial charge in [0.2, 0.25) is 4.80 Å². The Hall–Kier alpha value is -2.46. The molecule has 3 rings (SSSR count). The molecule has 0 saturated carbocycles. The maximum absolute atomic E-state index is 4.53. The minimum Gasteiger partial charge on any atom is -0.314 e. The summed E-state index contributed by atoms with van der Waals surface area (Å²) in [6.07, 6.45) is 1.05. The molecule has 25 heavy (non-hydrogen) atoms. The Morgan fingerprint density at radius 3 is 2.08 bits per heavy atom. The summed E-state index contributed by atoms with van der Waals surface area (Å²) in [7, 11) is 0. The van der Waals surface area contributed by atoms with E-state index in [1.54, 1.807) is 11.3 Å². The first-order valence-corrected chi connectivity index (χ1v) is 9.41. The zero-order valence-electron chi connectivity index (χ0n) is 14.9. The maximum atomic E-state index is 4.53. The highest BCUT2D eigenvalue weighted by molar-refractivity contribution is 7.13. The Morgan fingerprint density at radius 2 is 1.52 bits per heavy atom. The predicted molar refractivity (Wildman–Crippen MR) is 108 cm³/mol. The van der Waals surface area contributed by atoms with Gasteiger partial charge in [0, 0.05) is 12.3 Å². The molecule has 0 bridgehead atoms. The van der Waals surface area contributed by atoms with Crippen LogP contribution in [-0.2, 0) is 6.54 Å². The number of thiazole rings is 1. The Morgan fingerprint density at radius 1 is 0.920 bits per heavy atom. The second-order valence-corrected chi connectivity index (χ2v) is 7.07. The monoisotopic (exact) mass is 349 g/mol. The summed E-state index contributed by atoms with van der Waals surface area (Å²) in [6.45, 7) is 7.05. The molecule has 0 unspecified atom stereocenters. The van der Waals surface area contributed by atoms with Gasteiger partial charge in [0.25, 0.3) is 0 Å². The second kappa shape index (κ2) is 8.08. The highest BCUT2D eigenvalue weighted by Crippen LogP contribution is 2.34. The first-order valence-electron chi connectivity index (χ1n) is 8.60. The predicted octanol–water partition coefficient (Wildman–Crippen LogP) is 5.59. The molecule has 0 spiro atoms. The van der Waals surface area contributed by atoms with Gasteiger partial charge in [-0.2, -0.15) is 5.10 Å². The van der Waals surface area contributed by atoms with Crippen LogP contribution in [-0.4, -0.2) is 10.3 Å². The number of hydrogen-bond acceptors (Lipinski definition) is 3. The summed E-state index contributed by atoms with van der Waals surface area (Å²) in [5.74, 6) is 0. The van der Waals surface area contributed by atoms with Crippen molar-refractivity contribution in [1.82, 2.24) is 4.57 Å². The van der Waals surface area contributed by atoms with Crippen LogP contribution >= 0.6 is 11.3 Å². The molecule has 3 nitrogen and oxygen atoms in total. The summed E-state index contributed by atoms with van der Waals surface area (Å²) >= 11 is 1.71. The topological polar surface area (TPSA) is 29.6 Å². The van der Waals surface area contributed by atoms with E-state index in [4.69, 9.17) is 0 Å². The molecule has 0 amide bonds. The van der Waals surface area contributed by atoms with Gasteiger partial charge in [0.05, 0.1) is 10.6 Å². The summed E-state index contributed by atoms with van der Waals surface area (Å²) in [5.41, 5.74) is 4.61. The van der Waals surface area contributed by atoms with Crippen molar-refractivity contribution in [3.8, 4) is 21.7 Å². The summed E-state index contributed by atoms with van der Waals surface area (Å²) in [5, 5.41) is 8.84. The fourth-order valence-electron chi connectivity index (χ4n) is 2.73. The number of aromatic nitrogens is 1. The first kappa shape index (κ1) is 17.4. The van der Waals surface area contributed by atoms with Gasteiger partial charge in [-0.15, -0.1) is 5.10 Å². The third-order valence-electron chi connectivity index (χ3n) is 3.78. The minimum atomic E-state index is 0.921. The van der Waals surface area contributed by atoms with E-state index in [0.717, 1.165) is 23.5 Å². The minimum absolute atomic E-state index is 0.921. The van der Waals surface area contributed by atoms with Crippen LogP contribution in [0.25, 0.3) is 21.7 Å². The quantitative estimate of drug-likeness (QED) is 0.424. The van der Waals surface area contributed by atoms with Gasteiger partial charge in [-0.1, -0.05) is 78.9 Å². The Kier molecular flexibility index (Phi) is 5.61. The summed E-state index contributed by atoms with van der Waals surface area (Å²) in [4.78, 5) is 2.18. The second-order valence-electron chi connectivity index (χ2n) is 6.09. The van der Waals surface area contributed by atoms with E-state index >= 15 is 0 Å². The van der Waals surface area contributed by atoms with E-state index < -0.39 is 0 Å². The van der Waals surface area contributed by atoms with Gasteiger partial charge in [0.15, 0.2) is 0 Å². The molecule has 0 aliphatic carbocycles. The molecule has 0 aliphatic rings. The molecule has 0 saturated heterocycles. The zero-order chi connectivity index (χ0) is 17.6. The van der Waals surface area contributed by atoms with Crippen LogP contribution in [0.2, 0.25) is 0 Å². The average Bonchev–Trinajstić information content (AvgIpc) is 3.00. The molecule has 0 atom stereocenters. The van der Waals surface area contributed by atoms with Crippen molar-refractivity contribution in [3.05, 3.63) is 65.5 Å². The van der Waals surface area contributed by atoms with Crippen molar-refractivity contribution in [3.63, 3.8) is 0 Å². The van der Waals surface area contributed by atoms with Gasteiger partial charge in [-0.05, 0) is 31.4 Å². The van der Waals surface area contributed by atoms with Crippen LogP contribution in [0.15, 0.2) is 70.9 Å². The van der Waals surface area contributed by atoms with Gasteiger partial charge >= 0.3 is 0 Å². The van der Waals surface area contributed by atoms with Crippen molar-refractivity contribution in [2.75, 3.05) is 0 Å². The van der Waals surface area contributed by atoms with E-state index in [-0.39, 0.29) is 0 Å². The number of benzene rings is 2. The molecule has 0 N–H and O–H groups in total. The van der Waals surface area contributed by atoms with Gasteiger partial charge < -0.3 is 4.57 Å². The molecule has 0 fully saturated rings. The van der Waals surface area contributed by atoms with Gasteiger partial charge in [0.1, 0.15) is 0 Å². The molecular formula is C21H23N3S. The van der Waals surface area contributed by atoms with E-state index in [1.165, 1.54) is 21.7 Å². The van der Waals surface area contributed by atoms with Crippen molar-refractivity contribution >= 4 is 17.0 Å². The molecule has 1 heterocycles. The molecule has 128 valence electrons. The average molecular weight is 350 g/mol. The van der Waals surface area contributed by atoms with Crippen LogP contribution in [0.4, 0.5) is 0 Å². The molecule has 0 radical (unpaired) electrons. The van der Waals surface area contributed by atoms with Gasteiger partial charge in [-0.25, -0.2) is 0 Å². The lowest BCUT2D eigenvalue weighted by molar-refractivity contribution is 0.663. The molecule has 4 heteroatoms. The highest BCUT2D eigenvalue weighted by atomic mass is 32.1. The van der Waals surface area contributed by atoms with Crippen molar-refractivity contribution in [2.24, 2.45) is 10.2 Å². The SMILES string of the molecule is CCCn1c(-c2ccccc2)c(-c2ccccc2)s/c1=N\N=C(C)C. The van der Waals surface area contributed by atoms with Crippen LogP contribution in [0.3, 0.4) is 0 Å². The van der Waals surface area contributed by atoms with E-state index in [1.807, 2.05) is 13.8 Å². The highest BCUT2D eigenvalue weighted by Gasteiger charge is 2.16. The standard InChI is InChI=1S/C21H23N3S/c1-4-15-24-19(17-11-7-5-8-12-17)20(18-13-9-6-10-14-18)25-21(24)23-22-16(2)3/h5-14H,4,15H2,1-3H3/b23-21-. The molecule has 2 aromatic carbocycles. The van der Waals surface area contributed by atoms with Crippen LogP contribution in [0.5, 0.6) is 0 Å². The smallest absolute Gasteiger partial charge is 0.211 e. The van der Waals surface area contributed by atoms with Crippen LogP contribution in [0.1, 0.15) is 27.2 Å². The Bertz CT molecular complexity index is 915. The largest absolute Gasteiger partial charge is 0.314 e. The molecule has 1 aromatic heterocycles. The number of nitrogens with zero attached hydrogens (tertiary/aromatic N) is 3. The van der Waals surface area contributed by atoms with E-state index in [0.29, 0.717) is 0 Å². The third kappa shape index (κ3) is 3.97. The zero-order valence-corrected chi connectivity index (χ0v) is 15.8. The lowest BCUT2D eigenvalue weighted by Crippen LogP contribution is -2.15. The van der Waals surface area contributed by atoms with Crippen molar-refractivity contribution < 1.29 is 0 Å². The van der Waals surface area contributed by atoms with Crippen molar-refractivity contribution in [2.45, 2.75) is 33.7 Å². The van der Waals surface area contributed by atoms with E-state index in [9.17, 15) is 0 Å². The lowest BCUT2D eigenvalue weighted by atomic mass is 10.1. The van der Waals surface area contributed by atoms with Crippen LogP contribution < -0.4 is 4.80 Å². The number of hydrogen-bond donors (Lipinski definition) is 0. The van der Waals surface area contributed by atoms with Gasteiger partial charge in [-0.3, -0.25) is 0 Å². The fraction of sp³-hybridized carbons (Fsp3) is 0.238. The summed E-state index contributed by atoms with van der Waals surface area (Å²) in [6, 6.07) is 21.1. The fourth-order valence-corrected chi connectivity index (χ4v) is 3.86. The summed E-state index contributed by atoms with van der Waals surface area (Å²) < 4.78 is 2.30. The Labute approximate surface area is 153 Å². The van der Waals surface area contributed by atoms with E-state index in [2.05, 4.69) is 82.4 Å². The molecule has 0 aliphatic heterocycles. The molecular weight excluding hydrogens is 326 g/mol.